The molecule has 0 aliphatic carbocycles. The standard InChI is InChI=1S/C18H29N5O2/c1-5-15-14(11-23(4)21-15)10-19-16(13-6-8-24-9-7-13)18-20-17(12(2)3)22-25-18/h11-13,16,19H,5-10H2,1-4H3/t16-/m1/s1. The number of nitrogens with zero attached hydrogens (tertiary/aromatic N) is 4. The Morgan fingerprint density at radius 1 is 1.32 bits per heavy atom. The van der Waals surface area contributed by atoms with E-state index in [4.69, 9.17) is 9.26 Å². The highest BCUT2D eigenvalue weighted by Crippen LogP contribution is 2.30. The molecular weight excluding hydrogens is 318 g/mol. The maximum atomic E-state index is 5.61. The van der Waals surface area contributed by atoms with Crippen molar-refractivity contribution in [2.75, 3.05) is 13.2 Å². The molecule has 0 unspecified atom stereocenters. The van der Waals surface area contributed by atoms with Crippen LogP contribution in [0.15, 0.2) is 10.7 Å². The molecule has 0 spiro atoms. The lowest BCUT2D eigenvalue weighted by molar-refractivity contribution is 0.0485. The van der Waals surface area contributed by atoms with Crippen molar-refractivity contribution in [3.63, 3.8) is 0 Å². The van der Waals surface area contributed by atoms with Crippen LogP contribution < -0.4 is 5.32 Å². The van der Waals surface area contributed by atoms with E-state index in [1.165, 1.54) is 5.56 Å². The summed E-state index contributed by atoms with van der Waals surface area (Å²) in [6.07, 6.45) is 5.02. The van der Waals surface area contributed by atoms with Crippen molar-refractivity contribution >= 4 is 0 Å². The lowest BCUT2D eigenvalue weighted by Crippen LogP contribution is -2.32. The van der Waals surface area contributed by atoms with Crippen LogP contribution in [0.3, 0.4) is 0 Å². The van der Waals surface area contributed by atoms with E-state index in [-0.39, 0.29) is 12.0 Å². The number of aryl methyl sites for hydroxylation is 2. The molecular formula is C18H29N5O2. The summed E-state index contributed by atoms with van der Waals surface area (Å²) >= 11 is 0. The highest BCUT2D eigenvalue weighted by Gasteiger charge is 2.30. The zero-order valence-electron chi connectivity index (χ0n) is 15.7. The molecule has 1 N–H and O–H groups in total. The van der Waals surface area contributed by atoms with Gasteiger partial charge in [-0.25, -0.2) is 0 Å². The smallest absolute Gasteiger partial charge is 0.244 e. The van der Waals surface area contributed by atoms with E-state index >= 15 is 0 Å². The fourth-order valence-electron chi connectivity index (χ4n) is 3.36. The summed E-state index contributed by atoms with van der Waals surface area (Å²) in [5.41, 5.74) is 2.36. The first-order chi connectivity index (χ1) is 12.1. The van der Waals surface area contributed by atoms with E-state index in [2.05, 4.69) is 47.5 Å². The van der Waals surface area contributed by atoms with Crippen molar-refractivity contribution in [1.82, 2.24) is 25.2 Å². The van der Waals surface area contributed by atoms with Gasteiger partial charge in [-0.3, -0.25) is 4.68 Å². The minimum atomic E-state index is 0.0498. The minimum absolute atomic E-state index is 0.0498. The summed E-state index contributed by atoms with van der Waals surface area (Å²) in [6.45, 7) is 8.62. The summed E-state index contributed by atoms with van der Waals surface area (Å²) in [4.78, 5) is 4.64. The van der Waals surface area contributed by atoms with E-state index < -0.39 is 0 Å². The van der Waals surface area contributed by atoms with Crippen LogP contribution in [0.1, 0.15) is 68.5 Å². The Kier molecular flexibility index (Phi) is 5.86. The molecule has 1 atom stereocenters. The maximum Gasteiger partial charge on any atom is 0.244 e. The Hall–Kier alpha value is -1.73. The lowest BCUT2D eigenvalue weighted by atomic mass is 9.91. The highest BCUT2D eigenvalue weighted by molar-refractivity contribution is 5.17. The molecule has 1 aliphatic rings. The van der Waals surface area contributed by atoms with Gasteiger partial charge >= 0.3 is 0 Å². The second-order valence-electron chi connectivity index (χ2n) is 7.08. The second kappa shape index (κ2) is 8.10. The summed E-state index contributed by atoms with van der Waals surface area (Å²) in [5, 5.41) is 12.3. The van der Waals surface area contributed by atoms with Crippen molar-refractivity contribution in [2.24, 2.45) is 13.0 Å². The van der Waals surface area contributed by atoms with Crippen LogP contribution >= 0.6 is 0 Å². The molecule has 0 radical (unpaired) electrons. The number of rotatable bonds is 7. The van der Waals surface area contributed by atoms with Gasteiger partial charge in [0.2, 0.25) is 5.89 Å². The zero-order chi connectivity index (χ0) is 17.8. The third-order valence-electron chi connectivity index (χ3n) is 4.82. The Labute approximate surface area is 149 Å². The molecule has 7 heteroatoms. The maximum absolute atomic E-state index is 5.61. The summed E-state index contributed by atoms with van der Waals surface area (Å²) < 4.78 is 13.0. The number of hydrogen-bond donors (Lipinski definition) is 1. The Morgan fingerprint density at radius 3 is 2.72 bits per heavy atom. The quantitative estimate of drug-likeness (QED) is 0.830. The number of nitrogens with one attached hydrogen (secondary N) is 1. The van der Waals surface area contributed by atoms with Gasteiger partial charge in [0.15, 0.2) is 5.82 Å². The van der Waals surface area contributed by atoms with Gasteiger partial charge in [0.25, 0.3) is 0 Å². The van der Waals surface area contributed by atoms with Crippen LogP contribution in [-0.2, 0) is 24.8 Å². The molecule has 138 valence electrons. The molecule has 0 aromatic carbocycles. The van der Waals surface area contributed by atoms with Gasteiger partial charge in [-0.2, -0.15) is 10.1 Å². The molecule has 1 aliphatic heterocycles. The SMILES string of the molecule is CCc1nn(C)cc1CN[C@@H](c1nc(C(C)C)no1)C1CCOCC1. The van der Waals surface area contributed by atoms with Crippen LogP contribution in [0.25, 0.3) is 0 Å². The zero-order valence-corrected chi connectivity index (χ0v) is 15.7. The highest BCUT2D eigenvalue weighted by atomic mass is 16.5. The van der Waals surface area contributed by atoms with Crippen molar-refractivity contribution in [3.8, 4) is 0 Å². The molecule has 3 rings (SSSR count). The largest absolute Gasteiger partial charge is 0.381 e. The molecule has 1 fully saturated rings. The van der Waals surface area contributed by atoms with Gasteiger partial charge in [0.1, 0.15) is 0 Å². The van der Waals surface area contributed by atoms with E-state index in [9.17, 15) is 0 Å². The second-order valence-corrected chi connectivity index (χ2v) is 7.08. The third-order valence-corrected chi connectivity index (χ3v) is 4.82. The normalized spacial score (nSPS) is 17.3. The number of aromatic nitrogens is 4. The predicted octanol–water partition coefficient (Wildman–Crippen LogP) is 2.75. The Bertz CT molecular complexity index is 673. The average molecular weight is 347 g/mol. The molecule has 7 nitrogen and oxygen atoms in total. The van der Waals surface area contributed by atoms with Gasteiger partial charge in [-0.05, 0) is 25.2 Å². The van der Waals surface area contributed by atoms with Crippen molar-refractivity contribution in [1.29, 1.82) is 0 Å². The van der Waals surface area contributed by atoms with Crippen molar-refractivity contribution in [2.45, 2.75) is 58.5 Å². The molecule has 1 saturated heterocycles. The minimum Gasteiger partial charge on any atom is -0.381 e. The number of ether oxygens (including phenoxy) is 1. The van der Waals surface area contributed by atoms with E-state index in [1.54, 1.807) is 0 Å². The molecule has 2 aromatic heterocycles. The molecule has 3 heterocycles. The van der Waals surface area contributed by atoms with Gasteiger partial charge in [-0.1, -0.05) is 25.9 Å². The molecule has 25 heavy (non-hydrogen) atoms. The Balaban J connectivity index is 1.77. The van der Waals surface area contributed by atoms with E-state index in [0.717, 1.165) is 50.5 Å². The van der Waals surface area contributed by atoms with Crippen LogP contribution in [0, 0.1) is 5.92 Å². The van der Waals surface area contributed by atoms with Gasteiger partial charge in [0.05, 0.1) is 11.7 Å². The van der Waals surface area contributed by atoms with Crippen molar-refractivity contribution < 1.29 is 9.26 Å². The predicted molar refractivity (Wildman–Crippen MR) is 94.1 cm³/mol. The number of hydrogen-bond acceptors (Lipinski definition) is 6. The molecule has 2 aromatic rings. The average Bonchev–Trinajstić information content (AvgIpc) is 3.23. The van der Waals surface area contributed by atoms with Gasteiger partial charge < -0.3 is 14.6 Å². The summed E-state index contributed by atoms with van der Waals surface area (Å²) in [5.74, 6) is 2.16. The van der Waals surface area contributed by atoms with Crippen LogP contribution in [0.4, 0.5) is 0 Å². The van der Waals surface area contributed by atoms with E-state index in [1.807, 2.05) is 11.7 Å². The molecule has 0 amide bonds. The lowest BCUT2D eigenvalue weighted by Gasteiger charge is -2.28. The van der Waals surface area contributed by atoms with Crippen molar-refractivity contribution in [3.05, 3.63) is 29.2 Å². The molecule has 0 saturated carbocycles. The van der Waals surface area contributed by atoms with Gasteiger partial charge in [-0.15, -0.1) is 0 Å². The summed E-state index contributed by atoms with van der Waals surface area (Å²) in [6, 6.07) is 0.0498. The summed E-state index contributed by atoms with van der Waals surface area (Å²) in [7, 11) is 1.96. The third kappa shape index (κ3) is 4.27. The fraction of sp³-hybridized carbons (Fsp3) is 0.722. The monoisotopic (exact) mass is 347 g/mol. The first-order valence-electron chi connectivity index (χ1n) is 9.24. The first kappa shape index (κ1) is 18.1. The fourth-order valence-corrected chi connectivity index (χ4v) is 3.36. The van der Waals surface area contributed by atoms with Crippen LogP contribution in [0.2, 0.25) is 0 Å². The van der Waals surface area contributed by atoms with Gasteiger partial charge in [0, 0.05) is 44.5 Å². The Morgan fingerprint density at radius 2 is 2.08 bits per heavy atom. The first-order valence-corrected chi connectivity index (χ1v) is 9.24. The molecule has 0 bridgehead atoms. The van der Waals surface area contributed by atoms with Crippen LogP contribution in [0.5, 0.6) is 0 Å². The van der Waals surface area contributed by atoms with Crippen LogP contribution in [-0.4, -0.2) is 33.1 Å². The van der Waals surface area contributed by atoms with E-state index in [0.29, 0.717) is 11.8 Å². The topological polar surface area (TPSA) is 78.0 Å².